The van der Waals surface area contributed by atoms with E-state index in [0.717, 1.165) is 52.1 Å². The number of rotatable bonds is 4. The summed E-state index contributed by atoms with van der Waals surface area (Å²) < 4.78 is 0. The van der Waals surface area contributed by atoms with Crippen molar-refractivity contribution in [2.75, 3.05) is 52.9 Å². The number of amides is 1. The van der Waals surface area contributed by atoms with Crippen LogP contribution < -0.4 is 16.2 Å². The first-order valence-electron chi connectivity index (χ1n) is 6.90. The van der Waals surface area contributed by atoms with Crippen LogP contribution in [0.3, 0.4) is 0 Å². The SMILES string of the molecule is CN1CCC(NNC(=O)CN2CCNCC2)CC1. The van der Waals surface area contributed by atoms with Gasteiger partial charge in [-0.3, -0.25) is 15.1 Å². The van der Waals surface area contributed by atoms with E-state index in [4.69, 9.17) is 0 Å². The van der Waals surface area contributed by atoms with Crippen LogP contribution in [0.25, 0.3) is 0 Å². The Morgan fingerprint density at radius 2 is 1.89 bits per heavy atom. The smallest absolute Gasteiger partial charge is 0.248 e. The molecule has 0 aliphatic carbocycles. The molecule has 0 bridgehead atoms. The third-order valence-electron chi connectivity index (χ3n) is 3.71. The van der Waals surface area contributed by atoms with Gasteiger partial charge in [0.25, 0.3) is 0 Å². The number of carbonyl (C=O) groups excluding carboxylic acids is 1. The van der Waals surface area contributed by atoms with E-state index in [2.05, 4.69) is 33.0 Å². The molecule has 104 valence electrons. The van der Waals surface area contributed by atoms with E-state index in [0.29, 0.717) is 12.6 Å². The Labute approximate surface area is 109 Å². The molecule has 0 saturated carbocycles. The molecule has 2 aliphatic rings. The molecular weight excluding hydrogens is 230 g/mol. The predicted octanol–water partition coefficient (Wildman–Crippen LogP) is -1.39. The van der Waals surface area contributed by atoms with Crippen molar-refractivity contribution < 1.29 is 4.79 Å². The molecule has 0 spiro atoms. The van der Waals surface area contributed by atoms with E-state index in [1.807, 2.05) is 0 Å². The molecule has 0 aromatic carbocycles. The molecule has 0 atom stereocenters. The number of hydrogen-bond acceptors (Lipinski definition) is 5. The number of hydrogen-bond donors (Lipinski definition) is 3. The summed E-state index contributed by atoms with van der Waals surface area (Å²) >= 11 is 0. The minimum absolute atomic E-state index is 0.0795. The molecule has 2 aliphatic heterocycles. The summed E-state index contributed by atoms with van der Waals surface area (Å²) in [7, 11) is 2.14. The molecule has 1 amide bonds. The predicted molar refractivity (Wildman–Crippen MR) is 71.1 cm³/mol. The van der Waals surface area contributed by atoms with Crippen LogP contribution in [0, 0.1) is 0 Å². The van der Waals surface area contributed by atoms with Gasteiger partial charge in [0, 0.05) is 32.2 Å². The molecule has 0 radical (unpaired) electrons. The average molecular weight is 255 g/mol. The number of nitrogens with zero attached hydrogens (tertiary/aromatic N) is 2. The number of piperidine rings is 1. The molecule has 0 aromatic heterocycles. The van der Waals surface area contributed by atoms with Gasteiger partial charge in [0.1, 0.15) is 0 Å². The highest BCUT2D eigenvalue weighted by Gasteiger charge is 2.18. The first-order chi connectivity index (χ1) is 8.74. The van der Waals surface area contributed by atoms with E-state index in [9.17, 15) is 4.79 Å². The van der Waals surface area contributed by atoms with Crippen LogP contribution in [-0.2, 0) is 4.79 Å². The second-order valence-corrected chi connectivity index (χ2v) is 5.30. The summed E-state index contributed by atoms with van der Waals surface area (Å²) in [6, 6.07) is 0.424. The Morgan fingerprint density at radius 3 is 2.56 bits per heavy atom. The third-order valence-corrected chi connectivity index (χ3v) is 3.71. The van der Waals surface area contributed by atoms with Crippen molar-refractivity contribution >= 4 is 5.91 Å². The van der Waals surface area contributed by atoms with E-state index in [-0.39, 0.29) is 5.91 Å². The highest BCUT2D eigenvalue weighted by atomic mass is 16.2. The molecule has 0 aromatic rings. The second-order valence-electron chi connectivity index (χ2n) is 5.30. The molecule has 6 heteroatoms. The maximum atomic E-state index is 11.8. The quantitative estimate of drug-likeness (QED) is 0.540. The third kappa shape index (κ3) is 4.53. The summed E-state index contributed by atoms with van der Waals surface area (Å²) in [4.78, 5) is 16.3. The van der Waals surface area contributed by atoms with Crippen LogP contribution in [0.2, 0.25) is 0 Å². The molecule has 2 fully saturated rings. The van der Waals surface area contributed by atoms with Gasteiger partial charge in [0.15, 0.2) is 0 Å². The summed E-state index contributed by atoms with van der Waals surface area (Å²) in [5.74, 6) is 0.0795. The van der Waals surface area contributed by atoms with Gasteiger partial charge >= 0.3 is 0 Å². The van der Waals surface area contributed by atoms with Crippen LogP contribution in [0.15, 0.2) is 0 Å². The largest absolute Gasteiger partial charge is 0.314 e. The molecule has 0 unspecified atom stereocenters. The number of hydrazine groups is 1. The summed E-state index contributed by atoms with van der Waals surface area (Å²) in [6.45, 7) is 6.59. The summed E-state index contributed by atoms with van der Waals surface area (Å²) in [5.41, 5.74) is 6.01. The lowest BCUT2D eigenvalue weighted by atomic mass is 10.1. The highest BCUT2D eigenvalue weighted by molar-refractivity contribution is 5.77. The zero-order valence-corrected chi connectivity index (χ0v) is 11.2. The lowest BCUT2D eigenvalue weighted by Crippen LogP contribution is -2.53. The van der Waals surface area contributed by atoms with Gasteiger partial charge in [0.2, 0.25) is 5.91 Å². The maximum Gasteiger partial charge on any atom is 0.248 e. The van der Waals surface area contributed by atoms with Crippen molar-refractivity contribution in [2.45, 2.75) is 18.9 Å². The fourth-order valence-corrected chi connectivity index (χ4v) is 2.45. The number of nitrogens with one attached hydrogen (secondary N) is 3. The number of carbonyl (C=O) groups is 1. The molecular formula is C12H25N5O. The lowest BCUT2D eigenvalue weighted by Gasteiger charge is -2.30. The zero-order chi connectivity index (χ0) is 12.8. The van der Waals surface area contributed by atoms with Gasteiger partial charge in [-0.1, -0.05) is 0 Å². The van der Waals surface area contributed by atoms with Gasteiger partial charge < -0.3 is 10.2 Å². The topological polar surface area (TPSA) is 59.6 Å². The molecule has 2 heterocycles. The van der Waals surface area contributed by atoms with Crippen molar-refractivity contribution in [3.63, 3.8) is 0 Å². The number of piperazine rings is 1. The van der Waals surface area contributed by atoms with Crippen molar-refractivity contribution in [1.29, 1.82) is 0 Å². The second kappa shape index (κ2) is 7.04. The zero-order valence-electron chi connectivity index (χ0n) is 11.2. The van der Waals surface area contributed by atoms with Crippen LogP contribution >= 0.6 is 0 Å². The van der Waals surface area contributed by atoms with E-state index in [1.165, 1.54) is 0 Å². The minimum atomic E-state index is 0.0795. The van der Waals surface area contributed by atoms with Crippen molar-refractivity contribution in [1.82, 2.24) is 26.0 Å². The van der Waals surface area contributed by atoms with E-state index in [1.54, 1.807) is 0 Å². The van der Waals surface area contributed by atoms with Crippen molar-refractivity contribution in [3.05, 3.63) is 0 Å². The standard InChI is InChI=1S/C12H25N5O/c1-16-6-2-11(3-7-16)14-15-12(18)10-17-8-4-13-5-9-17/h11,13-14H,2-10H2,1H3,(H,15,18). The molecule has 3 N–H and O–H groups in total. The van der Waals surface area contributed by atoms with Gasteiger partial charge in [-0.2, -0.15) is 0 Å². The first-order valence-corrected chi connectivity index (χ1v) is 6.90. The summed E-state index contributed by atoms with van der Waals surface area (Å²) in [6.07, 6.45) is 2.20. The van der Waals surface area contributed by atoms with Gasteiger partial charge in [-0.25, -0.2) is 5.43 Å². The average Bonchev–Trinajstić information content (AvgIpc) is 2.39. The monoisotopic (exact) mass is 255 g/mol. The Balaban J connectivity index is 1.59. The lowest BCUT2D eigenvalue weighted by molar-refractivity contribution is -0.123. The Kier molecular flexibility index (Phi) is 5.37. The van der Waals surface area contributed by atoms with Crippen LogP contribution in [0.1, 0.15) is 12.8 Å². The summed E-state index contributed by atoms with van der Waals surface area (Å²) in [5, 5.41) is 3.28. The van der Waals surface area contributed by atoms with Crippen molar-refractivity contribution in [3.8, 4) is 0 Å². The van der Waals surface area contributed by atoms with Gasteiger partial charge in [-0.05, 0) is 33.0 Å². The molecule has 18 heavy (non-hydrogen) atoms. The Morgan fingerprint density at radius 1 is 1.22 bits per heavy atom. The van der Waals surface area contributed by atoms with E-state index < -0.39 is 0 Å². The normalized spacial score (nSPS) is 24.1. The highest BCUT2D eigenvalue weighted by Crippen LogP contribution is 2.06. The van der Waals surface area contributed by atoms with Crippen molar-refractivity contribution in [2.24, 2.45) is 0 Å². The Hall–Kier alpha value is -0.690. The first kappa shape index (κ1) is 13.7. The minimum Gasteiger partial charge on any atom is -0.314 e. The molecule has 6 nitrogen and oxygen atoms in total. The Bertz CT molecular complexity index is 259. The fraction of sp³-hybridized carbons (Fsp3) is 0.917. The molecule has 2 saturated heterocycles. The number of likely N-dealkylation sites (tertiary alicyclic amines) is 1. The van der Waals surface area contributed by atoms with Crippen LogP contribution in [0.4, 0.5) is 0 Å². The fourth-order valence-electron chi connectivity index (χ4n) is 2.45. The van der Waals surface area contributed by atoms with Gasteiger partial charge in [-0.15, -0.1) is 0 Å². The maximum absolute atomic E-state index is 11.8. The van der Waals surface area contributed by atoms with E-state index >= 15 is 0 Å². The molecule has 2 rings (SSSR count). The van der Waals surface area contributed by atoms with Crippen LogP contribution in [-0.4, -0.2) is 74.6 Å². The van der Waals surface area contributed by atoms with Crippen LogP contribution in [0.5, 0.6) is 0 Å². The van der Waals surface area contributed by atoms with Gasteiger partial charge in [0.05, 0.1) is 6.54 Å².